The van der Waals surface area contributed by atoms with Crippen LogP contribution < -0.4 is 4.90 Å². The zero-order valence-electron chi connectivity index (χ0n) is 13.2. The van der Waals surface area contributed by atoms with Crippen molar-refractivity contribution in [3.8, 4) is 0 Å². The number of allylic oxidation sites excluding steroid dienone is 2. The van der Waals surface area contributed by atoms with Crippen LogP contribution in [0.15, 0.2) is 36.4 Å². The molecule has 2 amide bonds. The fourth-order valence-electron chi connectivity index (χ4n) is 5.10. The molecule has 5 aliphatic rings. The van der Waals surface area contributed by atoms with Crippen molar-refractivity contribution in [2.45, 2.75) is 6.42 Å². The molecule has 2 saturated carbocycles. The first-order chi connectivity index (χ1) is 11.6. The molecule has 0 radical (unpaired) electrons. The van der Waals surface area contributed by atoms with Gasteiger partial charge in [0.2, 0.25) is 11.8 Å². The van der Waals surface area contributed by atoms with Gasteiger partial charge in [-0.25, -0.2) is 9.69 Å². The van der Waals surface area contributed by atoms with Crippen molar-refractivity contribution in [1.82, 2.24) is 0 Å². The zero-order valence-corrected chi connectivity index (χ0v) is 13.2. The molecule has 3 fully saturated rings. The third kappa shape index (κ3) is 1.62. The molecule has 1 saturated heterocycles. The average Bonchev–Trinajstić information content (AvgIpc) is 3.38. The molecule has 1 heterocycles. The number of imide groups is 1. The van der Waals surface area contributed by atoms with Gasteiger partial charge in [-0.05, 0) is 48.3 Å². The summed E-state index contributed by atoms with van der Waals surface area (Å²) in [5.74, 6) is 0.421. The van der Waals surface area contributed by atoms with E-state index in [-0.39, 0.29) is 35.5 Å². The molecule has 5 nitrogen and oxygen atoms in total. The standard InChI is InChI=1S/C19H17NO4/c1-24-19(23)9-3-2-4-10(7-9)20-17(21)15-11-5-6-12(14-8-13(11)14)16(15)18(20)22/h2-7,11-16H,8H2,1H3/t11-,12-,13-,14-,15+,16+/m1/s1. The molecule has 1 aromatic carbocycles. The van der Waals surface area contributed by atoms with E-state index < -0.39 is 5.97 Å². The van der Waals surface area contributed by atoms with Gasteiger partial charge in [-0.1, -0.05) is 18.2 Å². The van der Waals surface area contributed by atoms with Crippen LogP contribution in [0.2, 0.25) is 0 Å². The van der Waals surface area contributed by atoms with Crippen molar-refractivity contribution in [2.24, 2.45) is 35.5 Å². The van der Waals surface area contributed by atoms with Crippen LogP contribution in [0.25, 0.3) is 0 Å². The third-order valence-electron chi connectivity index (χ3n) is 6.19. The highest BCUT2D eigenvalue weighted by Crippen LogP contribution is 2.65. The van der Waals surface area contributed by atoms with Crippen molar-refractivity contribution in [3.63, 3.8) is 0 Å². The smallest absolute Gasteiger partial charge is 0.337 e. The Hall–Kier alpha value is -2.43. The van der Waals surface area contributed by atoms with Gasteiger partial charge in [0.1, 0.15) is 0 Å². The van der Waals surface area contributed by atoms with Crippen molar-refractivity contribution in [2.75, 3.05) is 12.0 Å². The second-order valence-corrected chi connectivity index (χ2v) is 7.21. The third-order valence-corrected chi connectivity index (χ3v) is 6.19. The topological polar surface area (TPSA) is 63.7 Å². The van der Waals surface area contributed by atoms with E-state index in [1.54, 1.807) is 24.3 Å². The van der Waals surface area contributed by atoms with Crippen LogP contribution in [-0.4, -0.2) is 24.9 Å². The first-order valence-corrected chi connectivity index (χ1v) is 8.36. The molecule has 6 atom stereocenters. The molecular formula is C19H17NO4. The van der Waals surface area contributed by atoms with Crippen molar-refractivity contribution in [1.29, 1.82) is 0 Å². The van der Waals surface area contributed by atoms with Crippen molar-refractivity contribution >= 4 is 23.5 Å². The van der Waals surface area contributed by atoms with E-state index in [0.29, 0.717) is 23.1 Å². The second kappa shape index (κ2) is 4.56. The first-order valence-electron chi connectivity index (χ1n) is 8.36. The predicted molar refractivity (Wildman–Crippen MR) is 85.0 cm³/mol. The Kier molecular flexibility index (Phi) is 2.65. The number of hydrogen-bond acceptors (Lipinski definition) is 4. The summed E-state index contributed by atoms with van der Waals surface area (Å²) in [6, 6.07) is 6.56. The van der Waals surface area contributed by atoms with E-state index in [1.807, 2.05) is 0 Å². The van der Waals surface area contributed by atoms with Gasteiger partial charge in [0, 0.05) is 0 Å². The molecule has 6 rings (SSSR count). The summed E-state index contributed by atoms with van der Waals surface area (Å²) in [5, 5.41) is 0. The zero-order chi connectivity index (χ0) is 16.6. The van der Waals surface area contributed by atoms with Gasteiger partial charge >= 0.3 is 5.97 Å². The fourth-order valence-corrected chi connectivity index (χ4v) is 5.10. The van der Waals surface area contributed by atoms with Crippen LogP contribution in [0, 0.1) is 35.5 Å². The van der Waals surface area contributed by atoms with E-state index in [9.17, 15) is 14.4 Å². The molecule has 0 spiro atoms. The number of ether oxygens (including phenoxy) is 1. The van der Waals surface area contributed by atoms with E-state index in [0.717, 1.165) is 6.42 Å². The Morgan fingerprint density at radius 3 is 2.29 bits per heavy atom. The Bertz CT molecular complexity index is 777. The molecular weight excluding hydrogens is 306 g/mol. The van der Waals surface area contributed by atoms with Crippen LogP contribution >= 0.6 is 0 Å². The highest BCUT2D eigenvalue weighted by atomic mass is 16.5. The quantitative estimate of drug-likeness (QED) is 0.475. The Balaban J connectivity index is 1.54. The molecule has 0 unspecified atom stereocenters. The number of benzene rings is 1. The summed E-state index contributed by atoms with van der Waals surface area (Å²) >= 11 is 0. The lowest BCUT2D eigenvalue weighted by atomic mass is 9.63. The fraction of sp³-hybridized carbons (Fsp3) is 0.421. The van der Waals surface area contributed by atoms with E-state index in [4.69, 9.17) is 4.74 Å². The number of esters is 1. The highest BCUT2D eigenvalue weighted by Gasteiger charge is 2.67. The van der Waals surface area contributed by atoms with Crippen LogP contribution in [0.4, 0.5) is 5.69 Å². The van der Waals surface area contributed by atoms with Crippen molar-refractivity contribution < 1.29 is 19.1 Å². The number of anilines is 1. The summed E-state index contributed by atoms with van der Waals surface area (Å²) < 4.78 is 4.73. The van der Waals surface area contributed by atoms with Gasteiger partial charge in [-0.3, -0.25) is 9.59 Å². The monoisotopic (exact) mass is 323 g/mol. The number of hydrogen-bond donors (Lipinski definition) is 0. The number of methoxy groups -OCH3 is 1. The summed E-state index contributed by atoms with van der Waals surface area (Å²) in [7, 11) is 1.31. The van der Waals surface area contributed by atoms with E-state index in [1.165, 1.54) is 12.0 Å². The van der Waals surface area contributed by atoms with E-state index >= 15 is 0 Å². The van der Waals surface area contributed by atoms with Gasteiger partial charge < -0.3 is 4.74 Å². The number of amides is 2. The molecule has 122 valence electrons. The van der Waals surface area contributed by atoms with Crippen LogP contribution in [0.3, 0.4) is 0 Å². The minimum atomic E-state index is -0.476. The maximum atomic E-state index is 13.0. The van der Waals surface area contributed by atoms with E-state index in [2.05, 4.69) is 12.2 Å². The maximum absolute atomic E-state index is 13.0. The van der Waals surface area contributed by atoms with Gasteiger partial charge in [0.15, 0.2) is 0 Å². The summed E-state index contributed by atoms with van der Waals surface area (Å²) in [6.07, 6.45) is 5.45. The maximum Gasteiger partial charge on any atom is 0.337 e. The van der Waals surface area contributed by atoms with Crippen LogP contribution in [0.1, 0.15) is 16.8 Å². The Labute approximate surface area is 139 Å². The van der Waals surface area contributed by atoms with Gasteiger partial charge in [0.05, 0.1) is 30.2 Å². The lowest BCUT2D eigenvalue weighted by Gasteiger charge is -2.37. The Morgan fingerprint density at radius 2 is 1.71 bits per heavy atom. The Morgan fingerprint density at radius 1 is 1.08 bits per heavy atom. The molecule has 2 bridgehead atoms. The molecule has 4 aliphatic carbocycles. The molecule has 5 heteroatoms. The average molecular weight is 323 g/mol. The minimum absolute atomic E-state index is 0.114. The molecule has 24 heavy (non-hydrogen) atoms. The molecule has 1 aromatic rings. The summed E-state index contributed by atoms with van der Waals surface area (Å²) in [5.41, 5.74) is 0.810. The number of carbonyl (C=O) groups is 3. The lowest BCUT2D eigenvalue weighted by Crippen LogP contribution is -2.40. The number of carbonyl (C=O) groups excluding carboxylic acids is 3. The van der Waals surface area contributed by atoms with Gasteiger partial charge in [-0.2, -0.15) is 0 Å². The minimum Gasteiger partial charge on any atom is -0.465 e. The second-order valence-electron chi connectivity index (χ2n) is 7.21. The van der Waals surface area contributed by atoms with Crippen LogP contribution in [-0.2, 0) is 14.3 Å². The van der Waals surface area contributed by atoms with Gasteiger partial charge in [-0.15, -0.1) is 0 Å². The summed E-state index contributed by atoms with van der Waals surface area (Å²) in [4.78, 5) is 39.0. The predicted octanol–water partition coefficient (Wildman–Crippen LogP) is 2.03. The summed E-state index contributed by atoms with van der Waals surface area (Å²) in [6.45, 7) is 0. The number of nitrogens with zero attached hydrogens (tertiary/aromatic N) is 1. The molecule has 0 N–H and O–H groups in total. The lowest BCUT2D eigenvalue weighted by molar-refractivity contribution is -0.124. The molecule has 0 aromatic heterocycles. The highest BCUT2D eigenvalue weighted by molar-refractivity contribution is 6.22. The van der Waals surface area contributed by atoms with Crippen molar-refractivity contribution in [3.05, 3.63) is 42.0 Å². The van der Waals surface area contributed by atoms with Gasteiger partial charge in [0.25, 0.3) is 0 Å². The van der Waals surface area contributed by atoms with Crippen LogP contribution in [0.5, 0.6) is 0 Å². The SMILES string of the molecule is COC(=O)c1cccc(N2C(=O)[C@H]3[C@@H]4C=C[C@H]([C@H]5C[C@H]45)[C@@H]3C2=O)c1. The largest absolute Gasteiger partial charge is 0.465 e. The molecule has 1 aliphatic heterocycles. The first kappa shape index (κ1) is 14.0. The number of rotatable bonds is 2. The normalized spacial score (nSPS) is 38.1.